The maximum atomic E-state index is 12.9. The molecular weight excluding hydrogens is 370 g/mol. The van der Waals surface area contributed by atoms with Crippen molar-refractivity contribution in [3.05, 3.63) is 54.0 Å². The molecule has 152 valence electrons. The molecule has 1 aromatic carbocycles. The zero-order valence-electron chi connectivity index (χ0n) is 16.5. The quantitative estimate of drug-likeness (QED) is 0.577. The van der Waals surface area contributed by atoms with E-state index in [-0.39, 0.29) is 18.6 Å². The van der Waals surface area contributed by atoms with E-state index in [0.717, 1.165) is 36.8 Å². The van der Waals surface area contributed by atoms with E-state index >= 15 is 0 Å². The second kappa shape index (κ2) is 9.05. The number of amides is 1. The molecule has 0 unspecified atom stereocenters. The third-order valence-electron chi connectivity index (χ3n) is 4.97. The molecule has 3 heterocycles. The number of hydrogen-bond donors (Lipinski definition) is 0. The molecule has 2 aromatic heterocycles. The van der Waals surface area contributed by atoms with Gasteiger partial charge in [-0.05, 0) is 31.4 Å². The summed E-state index contributed by atoms with van der Waals surface area (Å²) in [6.45, 7) is 4.25. The molecule has 4 rings (SSSR count). The first-order valence-electron chi connectivity index (χ1n) is 10.1. The van der Waals surface area contributed by atoms with Crippen LogP contribution in [-0.2, 0) is 11.3 Å². The highest BCUT2D eigenvalue weighted by molar-refractivity contribution is 5.92. The van der Waals surface area contributed by atoms with Crippen LogP contribution in [0.25, 0.3) is 10.9 Å². The standard InChI is InChI=1S/C22H25N3O4/c1-2-11-25(14-17-8-5-12-27-17)22(26)19-13-18(29-24-19)15-28-20-9-3-6-16-7-4-10-23-21(16)20/h3-4,6-7,9-10,13,17H,2,5,8,11-12,14-15H2,1H3/t17-/m1/s1. The SMILES string of the molecule is CCCN(C[C@H]1CCCO1)C(=O)c1cc(COc2cccc3cccnc23)on1. The van der Waals surface area contributed by atoms with Gasteiger partial charge in [-0.25, -0.2) is 0 Å². The number of hydrogen-bond acceptors (Lipinski definition) is 6. The van der Waals surface area contributed by atoms with Crippen molar-refractivity contribution in [2.75, 3.05) is 19.7 Å². The van der Waals surface area contributed by atoms with Gasteiger partial charge in [-0.2, -0.15) is 0 Å². The number of pyridine rings is 1. The number of nitrogens with zero attached hydrogens (tertiary/aromatic N) is 3. The van der Waals surface area contributed by atoms with Crippen molar-refractivity contribution < 1.29 is 18.8 Å². The van der Waals surface area contributed by atoms with Gasteiger partial charge in [0, 0.05) is 37.3 Å². The van der Waals surface area contributed by atoms with E-state index in [0.29, 0.717) is 30.3 Å². The van der Waals surface area contributed by atoms with Gasteiger partial charge in [0.2, 0.25) is 0 Å². The van der Waals surface area contributed by atoms with Crippen LogP contribution in [-0.4, -0.2) is 46.7 Å². The fourth-order valence-corrected chi connectivity index (χ4v) is 3.57. The van der Waals surface area contributed by atoms with Crippen molar-refractivity contribution in [2.24, 2.45) is 0 Å². The Bertz CT molecular complexity index is 960. The normalized spacial score (nSPS) is 16.2. The van der Waals surface area contributed by atoms with Gasteiger partial charge in [-0.15, -0.1) is 0 Å². The number of aromatic nitrogens is 2. The van der Waals surface area contributed by atoms with Crippen LogP contribution in [0.2, 0.25) is 0 Å². The molecule has 1 atom stereocenters. The van der Waals surface area contributed by atoms with Gasteiger partial charge in [0.15, 0.2) is 11.5 Å². The second-order valence-electron chi connectivity index (χ2n) is 7.18. The van der Waals surface area contributed by atoms with Gasteiger partial charge < -0.3 is 18.9 Å². The molecule has 1 saturated heterocycles. The number of rotatable bonds is 8. The van der Waals surface area contributed by atoms with Crippen LogP contribution in [0, 0.1) is 0 Å². The maximum absolute atomic E-state index is 12.9. The second-order valence-corrected chi connectivity index (χ2v) is 7.18. The molecule has 7 nitrogen and oxygen atoms in total. The van der Waals surface area contributed by atoms with Crippen molar-refractivity contribution in [3.8, 4) is 5.75 Å². The zero-order valence-corrected chi connectivity index (χ0v) is 16.5. The molecule has 0 spiro atoms. The van der Waals surface area contributed by atoms with E-state index < -0.39 is 0 Å². The molecule has 29 heavy (non-hydrogen) atoms. The van der Waals surface area contributed by atoms with Crippen LogP contribution >= 0.6 is 0 Å². The smallest absolute Gasteiger partial charge is 0.276 e. The fraction of sp³-hybridized carbons (Fsp3) is 0.409. The van der Waals surface area contributed by atoms with Crippen molar-refractivity contribution in [1.82, 2.24) is 15.0 Å². The lowest BCUT2D eigenvalue weighted by atomic mass is 10.2. The maximum Gasteiger partial charge on any atom is 0.276 e. The molecule has 0 radical (unpaired) electrons. The summed E-state index contributed by atoms with van der Waals surface area (Å²) in [6.07, 6.45) is 4.76. The van der Waals surface area contributed by atoms with Gasteiger partial charge >= 0.3 is 0 Å². The average molecular weight is 395 g/mol. The monoisotopic (exact) mass is 395 g/mol. The molecular formula is C22H25N3O4. The number of carbonyl (C=O) groups is 1. The predicted molar refractivity (Wildman–Crippen MR) is 108 cm³/mol. The Morgan fingerprint density at radius 1 is 1.31 bits per heavy atom. The summed E-state index contributed by atoms with van der Waals surface area (Å²) in [4.78, 5) is 19.1. The number of fused-ring (bicyclic) bond motifs is 1. The minimum Gasteiger partial charge on any atom is -0.483 e. The first kappa shape index (κ1) is 19.4. The highest BCUT2D eigenvalue weighted by Gasteiger charge is 2.25. The number of carbonyl (C=O) groups excluding carboxylic acids is 1. The zero-order chi connectivity index (χ0) is 20.1. The van der Waals surface area contributed by atoms with Gasteiger partial charge in [0.25, 0.3) is 5.91 Å². The lowest BCUT2D eigenvalue weighted by Gasteiger charge is -2.24. The molecule has 1 fully saturated rings. The van der Waals surface area contributed by atoms with E-state index in [2.05, 4.69) is 17.1 Å². The highest BCUT2D eigenvalue weighted by Crippen LogP contribution is 2.24. The molecule has 0 bridgehead atoms. The molecule has 0 N–H and O–H groups in total. The number of benzene rings is 1. The molecule has 0 saturated carbocycles. The minimum atomic E-state index is -0.135. The topological polar surface area (TPSA) is 77.7 Å². The van der Waals surface area contributed by atoms with E-state index in [4.69, 9.17) is 14.0 Å². The van der Waals surface area contributed by atoms with Gasteiger partial charge in [-0.1, -0.05) is 30.3 Å². The Kier molecular flexibility index (Phi) is 6.05. The Labute approximate surface area is 169 Å². The number of ether oxygens (including phenoxy) is 2. The van der Waals surface area contributed by atoms with Gasteiger partial charge in [0.05, 0.1) is 6.10 Å². The molecule has 7 heteroatoms. The Hall–Kier alpha value is -2.93. The van der Waals surface area contributed by atoms with E-state index in [1.807, 2.05) is 30.3 Å². The van der Waals surface area contributed by atoms with Gasteiger partial charge in [0.1, 0.15) is 17.9 Å². The summed E-state index contributed by atoms with van der Waals surface area (Å²) in [6, 6.07) is 11.3. The van der Waals surface area contributed by atoms with Crippen LogP contribution in [0.5, 0.6) is 5.75 Å². The van der Waals surface area contributed by atoms with E-state index in [1.165, 1.54) is 0 Å². The summed E-state index contributed by atoms with van der Waals surface area (Å²) in [5, 5.41) is 4.97. The molecule has 3 aromatic rings. The van der Waals surface area contributed by atoms with Crippen molar-refractivity contribution in [3.63, 3.8) is 0 Å². The Morgan fingerprint density at radius 2 is 2.21 bits per heavy atom. The Balaban J connectivity index is 1.42. The molecule has 1 aliphatic rings. The van der Waals surface area contributed by atoms with Crippen molar-refractivity contribution in [2.45, 2.75) is 38.9 Å². The van der Waals surface area contributed by atoms with Crippen LogP contribution in [0.15, 0.2) is 47.1 Å². The highest BCUT2D eigenvalue weighted by atomic mass is 16.5. The first-order valence-corrected chi connectivity index (χ1v) is 10.1. The summed E-state index contributed by atoms with van der Waals surface area (Å²) in [7, 11) is 0. The summed E-state index contributed by atoms with van der Waals surface area (Å²) in [5.74, 6) is 1.03. The van der Waals surface area contributed by atoms with Gasteiger partial charge in [-0.3, -0.25) is 9.78 Å². The van der Waals surface area contributed by atoms with Crippen molar-refractivity contribution >= 4 is 16.8 Å². The number of para-hydroxylation sites is 1. The molecule has 0 aliphatic carbocycles. The summed E-state index contributed by atoms with van der Waals surface area (Å²) < 4.78 is 16.9. The Morgan fingerprint density at radius 3 is 3.03 bits per heavy atom. The summed E-state index contributed by atoms with van der Waals surface area (Å²) >= 11 is 0. The third-order valence-corrected chi connectivity index (χ3v) is 4.97. The average Bonchev–Trinajstić information content (AvgIpc) is 3.43. The lowest BCUT2D eigenvalue weighted by molar-refractivity contribution is 0.0518. The lowest BCUT2D eigenvalue weighted by Crippen LogP contribution is -2.38. The third kappa shape index (κ3) is 4.56. The van der Waals surface area contributed by atoms with E-state index in [1.54, 1.807) is 17.2 Å². The van der Waals surface area contributed by atoms with Crippen LogP contribution in [0.4, 0.5) is 0 Å². The summed E-state index contributed by atoms with van der Waals surface area (Å²) in [5.41, 5.74) is 1.09. The van der Waals surface area contributed by atoms with Crippen LogP contribution in [0.3, 0.4) is 0 Å². The first-order chi connectivity index (χ1) is 14.2. The van der Waals surface area contributed by atoms with E-state index in [9.17, 15) is 4.79 Å². The minimum absolute atomic E-state index is 0.110. The fourth-order valence-electron chi connectivity index (χ4n) is 3.57. The van der Waals surface area contributed by atoms with Crippen LogP contribution in [0.1, 0.15) is 42.4 Å². The van der Waals surface area contributed by atoms with Crippen LogP contribution < -0.4 is 4.74 Å². The largest absolute Gasteiger partial charge is 0.483 e. The van der Waals surface area contributed by atoms with Crippen molar-refractivity contribution in [1.29, 1.82) is 0 Å². The predicted octanol–water partition coefficient (Wildman–Crippen LogP) is 3.83. The molecule has 1 amide bonds. The molecule has 1 aliphatic heterocycles.